The number of aliphatic hydroxyl groups is 2. The molecule has 0 saturated heterocycles. The van der Waals surface area contributed by atoms with E-state index in [9.17, 15) is 19.8 Å². The molecule has 0 radical (unpaired) electrons. The van der Waals surface area contributed by atoms with E-state index in [1.165, 1.54) is 38.9 Å². The van der Waals surface area contributed by atoms with Crippen LogP contribution < -0.4 is 0 Å². The van der Waals surface area contributed by atoms with Gasteiger partial charge in [0, 0.05) is 58.0 Å². The Morgan fingerprint density at radius 3 is 1.42 bits per heavy atom. The van der Waals surface area contributed by atoms with E-state index in [1.54, 1.807) is 19.4 Å². The van der Waals surface area contributed by atoms with Crippen molar-refractivity contribution >= 4 is 68.1 Å². The lowest BCUT2D eigenvalue weighted by Gasteiger charge is -2.19. The Morgan fingerprint density at radius 2 is 1.07 bits per heavy atom. The van der Waals surface area contributed by atoms with Crippen LogP contribution in [0.15, 0.2) is 81.8 Å². The first-order valence-corrected chi connectivity index (χ1v) is 21.0. The predicted octanol–water partition coefficient (Wildman–Crippen LogP) is 10.0. The minimum absolute atomic E-state index is 0.117. The quantitative estimate of drug-likeness (QED) is 0.107. The van der Waals surface area contributed by atoms with E-state index in [0.29, 0.717) is 43.6 Å². The number of para-hydroxylation sites is 2. The molecule has 0 spiro atoms. The molecule has 2 unspecified atom stereocenters. The number of benzene rings is 2. The van der Waals surface area contributed by atoms with Crippen molar-refractivity contribution in [2.45, 2.75) is 92.6 Å². The monoisotopic (exact) mass is 842 g/mol. The number of ether oxygens (including phenoxy) is 2. The normalized spacial score (nSPS) is 13.8. The topological polar surface area (TPSA) is 163 Å². The van der Waals surface area contributed by atoms with E-state index in [1.807, 2.05) is 115 Å². The van der Waals surface area contributed by atoms with Crippen LogP contribution in [0.2, 0.25) is 0 Å². The molecular formula is C44H54N6O7S2. The van der Waals surface area contributed by atoms with Gasteiger partial charge in [0.15, 0.2) is 0 Å². The van der Waals surface area contributed by atoms with Crippen LogP contribution in [0.4, 0.5) is 9.59 Å². The Kier molecular flexibility index (Phi) is 14.0. The maximum atomic E-state index is 12.7. The molecule has 2 aromatic carbocycles. The second-order valence-corrected chi connectivity index (χ2v) is 18.2. The Hall–Kier alpha value is -5.22. The number of aromatic nitrogens is 4. The summed E-state index contributed by atoms with van der Waals surface area (Å²) < 4.78 is 13.9. The molecular weight excluding hydrogens is 789 g/mol. The number of thiazole rings is 2. The van der Waals surface area contributed by atoms with Crippen LogP contribution in [0, 0.1) is 11.8 Å². The lowest BCUT2D eigenvalue weighted by atomic mass is 10.1. The molecule has 6 aromatic rings. The van der Waals surface area contributed by atoms with Gasteiger partial charge in [-0.1, -0.05) is 69.2 Å². The Labute approximate surface area is 353 Å². The fraction of sp³-hybridized carbons (Fsp3) is 0.409. The highest BCUT2D eigenvalue weighted by Gasteiger charge is 2.27. The van der Waals surface area contributed by atoms with Gasteiger partial charge in [0.05, 0.1) is 28.1 Å². The summed E-state index contributed by atoms with van der Waals surface area (Å²) in [4.78, 5) is 43.8. The highest BCUT2D eigenvalue weighted by atomic mass is 32.1. The molecule has 0 saturated carbocycles. The summed E-state index contributed by atoms with van der Waals surface area (Å²) in [5, 5.41) is 32.6. The van der Waals surface area contributed by atoms with Gasteiger partial charge in [0.2, 0.25) is 0 Å². The fourth-order valence-corrected chi connectivity index (χ4v) is 7.94. The SMILES string of the molecule is CN=C(c1csc(C(O)c2cn(C(=O)OC(C)(C)C)c3ccccc23)n1)C(C)C.CO/N=C(/c1csc(C(O)c2cn(C(=O)OC(C)(C)C)c3ccccc23)n1)C(C)C. The first-order chi connectivity index (χ1) is 27.7. The van der Waals surface area contributed by atoms with Crippen molar-refractivity contribution in [1.82, 2.24) is 19.1 Å². The third kappa shape index (κ3) is 10.5. The Morgan fingerprint density at radius 1 is 0.678 bits per heavy atom. The average Bonchev–Trinajstić information content (AvgIpc) is 3.97. The summed E-state index contributed by atoms with van der Waals surface area (Å²) in [6.07, 6.45) is 0.345. The number of aliphatic imine (C=N–C) groups is 1. The molecule has 2 N–H and O–H groups in total. The third-order valence-electron chi connectivity index (χ3n) is 8.82. The Balaban J connectivity index is 0.000000224. The molecule has 15 heteroatoms. The van der Waals surface area contributed by atoms with Crippen molar-refractivity contribution in [2.24, 2.45) is 22.0 Å². The summed E-state index contributed by atoms with van der Waals surface area (Å²) in [7, 11) is 3.25. The number of aliphatic hydroxyl groups excluding tert-OH is 2. The van der Waals surface area contributed by atoms with Crippen molar-refractivity contribution in [3.05, 3.63) is 104 Å². The molecule has 0 aliphatic rings. The van der Waals surface area contributed by atoms with E-state index in [2.05, 4.69) is 34.0 Å². The molecule has 59 heavy (non-hydrogen) atoms. The number of oxime groups is 1. The number of hydrogen-bond acceptors (Lipinski definition) is 13. The molecule has 13 nitrogen and oxygen atoms in total. The van der Waals surface area contributed by atoms with Gasteiger partial charge in [-0.3, -0.25) is 14.1 Å². The van der Waals surface area contributed by atoms with E-state index >= 15 is 0 Å². The number of rotatable bonds is 9. The smallest absolute Gasteiger partial charge is 0.419 e. The molecule has 0 amide bonds. The van der Waals surface area contributed by atoms with Gasteiger partial charge in [-0.2, -0.15) is 0 Å². The number of carbonyl (C=O) groups is 2. The van der Waals surface area contributed by atoms with E-state index in [-0.39, 0.29) is 11.8 Å². The molecule has 0 aliphatic carbocycles. The Bertz CT molecular complexity index is 2480. The van der Waals surface area contributed by atoms with Crippen LogP contribution in [0.3, 0.4) is 0 Å². The van der Waals surface area contributed by atoms with Gasteiger partial charge < -0.3 is 24.5 Å². The van der Waals surface area contributed by atoms with Gasteiger partial charge in [0.1, 0.15) is 46.2 Å². The minimum Gasteiger partial charge on any atom is -0.443 e. The second kappa shape index (κ2) is 18.4. The molecule has 0 fully saturated rings. The summed E-state index contributed by atoms with van der Waals surface area (Å²) in [5.74, 6) is 0.354. The second-order valence-electron chi connectivity index (χ2n) is 16.4. The molecule has 6 rings (SSSR count). The van der Waals surface area contributed by atoms with Gasteiger partial charge in [-0.05, 0) is 59.6 Å². The number of hydrogen-bond donors (Lipinski definition) is 2. The van der Waals surface area contributed by atoms with Crippen molar-refractivity contribution in [3.8, 4) is 0 Å². The summed E-state index contributed by atoms with van der Waals surface area (Å²) >= 11 is 2.72. The minimum atomic E-state index is -0.992. The van der Waals surface area contributed by atoms with E-state index in [4.69, 9.17) is 14.3 Å². The summed E-state index contributed by atoms with van der Waals surface area (Å²) in [5.41, 5.74) is 4.38. The molecule has 4 aromatic heterocycles. The van der Waals surface area contributed by atoms with E-state index < -0.39 is 35.6 Å². The van der Waals surface area contributed by atoms with Crippen LogP contribution in [0.5, 0.6) is 0 Å². The molecule has 314 valence electrons. The van der Waals surface area contributed by atoms with Gasteiger partial charge in [0.25, 0.3) is 0 Å². The first-order valence-electron chi connectivity index (χ1n) is 19.3. The fourth-order valence-electron chi connectivity index (χ4n) is 6.31. The van der Waals surface area contributed by atoms with Crippen LogP contribution in [0.25, 0.3) is 21.8 Å². The maximum absolute atomic E-state index is 12.7. The highest BCUT2D eigenvalue weighted by molar-refractivity contribution is 7.10. The van der Waals surface area contributed by atoms with Gasteiger partial charge in [-0.15, -0.1) is 22.7 Å². The largest absolute Gasteiger partial charge is 0.443 e. The summed E-state index contributed by atoms with van der Waals surface area (Å²) in [6, 6.07) is 14.9. The van der Waals surface area contributed by atoms with Crippen LogP contribution in [0.1, 0.15) is 114 Å². The number of fused-ring (bicyclic) bond motifs is 2. The van der Waals surface area contributed by atoms with Crippen molar-refractivity contribution in [2.75, 3.05) is 14.2 Å². The van der Waals surface area contributed by atoms with Gasteiger partial charge >= 0.3 is 12.2 Å². The maximum Gasteiger partial charge on any atom is 0.419 e. The number of carbonyl (C=O) groups excluding carboxylic acids is 2. The third-order valence-corrected chi connectivity index (χ3v) is 10.6. The van der Waals surface area contributed by atoms with Crippen molar-refractivity contribution in [3.63, 3.8) is 0 Å². The first kappa shape index (κ1) is 44.9. The number of nitrogens with zero attached hydrogens (tertiary/aromatic N) is 6. The molecule has 4 heterocycles. The van der Waals surface area contributed by atoms with Crippen LogP contribution in [-0.4, -0.2) is 78.3 Å². The lowest BCUT2D eigenvalue weighted by molar-refractivity contribution is 0.0532. The summed E-state index contributed by atoms with van der Waals surface area (Å²) in [6.45, 7) is 19.1. The zero-order valence-corrected chi connectivity index (χ0v) is 37.3. The molecule has 0 bridgehead atoms. The highest BCUT2D eigenvalue weighted by Crippen LogP contribution is 2.35. The van der Waals surface area contributed by atoms with Gasteiger partial charge in [-0.25, -0.2) is 19.6 Å². The zero-order valence-electron chi connectivity index (χ0n) is 35.7. The standard InChI is InChI=1S/C22H27N3O4S.C22H27N3O3S/c1-13(2)18(24-28-6)16-12-30-20(23-16)19(26)15-11-25(21(27)29-22(3,4)5)17-10-8-7-9-14(15)17;1-13(2)18(23-6)16-12-29-20(24-16)19(26)15-11-25(21(27)28-22(3,4)5)17-10-8-7-9-14(15)17/h7-13,19,26H,1-6H3;7-13,19,26H,1-6H3/b24-18+;. The van der Waals surface area contributed by atoms with Crippen molar-refractivity contribution in [1.29, 1.82) is 0 Å². The lowest BCUT2D eigenvalue weighted by Crippen LogP contribution is -2.26. The molecule has 0 aliphatic heterocycles. The average molecular weight is 843 g/mol. The predicted molar refractivity (Wildman–Crippen MR) is 235 cm³/mol. The van der Waals surface area contributed by atoms with Crippen LogP contribution >= 0.6 is 22.7 Å². The molecule has 2 atom stereocenters. The van der Waals surface area contributed by atoms with Crippen LogP contribution in [-0.2, 0) is 14.3 Å². The van der Waals surface area contributed by atoms with E-state index in [0.717, 1.165) is 22.2 Å². The van der Waals surface area contributed by atoms with Crippen molar-refractivity contribution < 1.29 is 34.1 Å². The zero-order chi connectivity index (χ0) is 43.4.